The van der Waals surface area contributed by atoms with Crippen LogP contribution in [0.1, 0.15) is 16.9 Å². The van der Waals surface area contributed by atoms with Crippen LogP contribution in [-0.4, -0.2) is 44.6 Å². The second-order valence-electron chi connectivity index (χ2n) is 8.19. The molecule has 2 aromatic heterocycles. The van der Waals surface area contributed by atoms with E-state index in [1.165, 1.54) is 12.1 Å². The molecule has 0 spiro atoms. The van der Waals surface area contributed by atoms with Crippen LogP contribution in [-0.2, 0) is 7.05 Å². The van der Waals surface area contributed by atoms with Crippen molar-refractivity contribution in [2.24, 2.45) is 12.8 Å². The second-order valence-corrected chi connectivity index (χ2v) is 8.19. The molecule has 3 N–H and O–H groups in total. The van der Waals surface area contributed by atoms with Crippen LogP contribution in [0, 0.1) is 11.6 Å². The number of nitrogens with one attached hydrogen (secondary N) is 1. The van der Waals surface area contributed by atoms with Crippen molar-refractivity contribution in [3.05, 3.63) is 76.3 Å². The molecule has 1 saturated heterocycles. The van der Waals surface area contributed by atoms with Gasteiger partial charge in [0.2, 0.25) is 0 Å². The number of para-hydroxylation sites is 1. The van der Waals surface area contributed by atoms with E-state index in [0.717, 1.165) is 41.2 Å². The summed E-state index contributed by atoms with van der Waals surface area (Å²) < 4.78 is 30.7. The Bertz CT molecular complexity index is 1460. The third-order valence-electron chi connectivity index (χ3n) is 5.75. The highest BCUT2D eigenvalue weighted by atomic mass is 19.1. The fourth-order valence-electron chi connectivity index (χ4n) is 4.20. The number of fused-ring (bicyclic) bond motifs is 1. The summed E-state index contributed by atoms with van der Waals surface area (Å²) in [7, 11) is 1.81. The van der Waals surface area contributed by atoms with Gasteiger partial charge in [-0.3, -0.25) is 14.3 Å². The van der Waals surface area contributed by atoms with Gasteiger partial charge in [-0.1, -0.05) is 6.07 Å². The summed E-state index contributed by atoms with van der Waals surface area (Å²) in [4.78, 5) is 27.5. The summed E-state index contributed by atoms with van der Waals surface area (Å²) in [5.41, 5.74) is 6.56. The lowest BCUT2D eigenvalue weighted by Gasteiger charge is -2.23. The van der Waals surface area contributed by atoms with Crippen LogP contribution in [0.5, 0.6) is 0 Å². The highest BCUT2D eigenvalue weighted by molar-refractivity contribution is 6.08. The Morgan fingerprint density at radius 3 is 2.56 bits per heavy atom. The molecular formula is C23H21F2N7O2. The first-order valence-electron chi connectivity index (χ1n) is 10.6. The molecule has 0 radical (unpaired) electrons. The Morgan fingerprint density at radius 1 is 1.09 bits per heavy atom. The van der Waals surface area contributed by atoms with Crippen molar-refractivity contribution in [1.29, 1.82) is 0 Å². The molecular weight excluding hydrogens is 444 g/mol. The Morgan fingerprint density at radius 2 is 1.85 bits per heavy atom. The first-order chi connectivity index (χ1) is 16.3. The van der Waals surface area contributed by atoms with E-state index in [1.807, 2.05) is 13.2 Å². The van der Waals surface area contributed by atoms with Gasteiger partial charge in [-0.05, 0) is 36.8 Å². The number of benzene rings is 2. The lowest BCUT2D eigenvalue weighted by molar-refractivity contribution is 0.102. The Hall–Kier alpha value is -4.12. The number of anilines is 2. The molecule has 3 heterocycles. The first-order valence-corrected chi connectivity index (χ1v) is 10.6. The van der Waals surface area contributed by atoms with E-state index in [1.54, 1.807) is 16.8 Å². The van der Waals surface area contributed by atoms with Crippen LogP contribution >= 0.6 is 0 Å². The van der Waals surface area contributed by atoms with Gasteiger partial charge in [-0.15, -0.1) is 0 Å². The molecule has 0 saturated carbocycles. The maximum absolute atomic E-state index is 14.2. The van der Waals surface area contributed by atoms with E-state index in [9.17, 15) is 18.4 Å². The van der Waals surface area contributed by atoms with Gasteiger partial charge in [-0.25, -0.2) is 8.78 Å². The topological polar surface area (TPSA) is 111 Å². The zero-order valence-corrected chi connectivity index (χ0v) is 18.2. The van der Waals surface area contributed by atoms with Crippen molar-refractivity contribution < 1.29 is 13.6 Å². The van der Waals surface area contributed by atoms with Gasteiger partial charge in [0.15, 0.2) is 11.6 Å². The SMILES string of the molecule is Cn1cc2c(N3CC[C@@H](N)C3)c(NC(=O)c3ccc(=O)n(-c4c(F)cccc4F)n3)ccc2n1. The number of aryl methyl sites for hydroxylation is 1. The van der Waals surface area contributed by atoms with E-state index in [2.05, 4.69) is 20.4 Å². The van der Waals surface area contributed by atoms with Crippen molar-refractivity contribution in [1.82, 2.24) is 19.6 Å². The van der Waals surface area contributed by atoms with Gasteiger partial charge in [0.05, 0.1) is 16.9 Å². The van der Waals surface area contributed by atoms with Crippen molar-refractivity contribution in [3.8, 4) is 5.69 Å². The molecule has 4 aromatic rings. The van der Waals surface area contributed by atoms with Crippen LogP contribution in [0.25, 0.3) is 16.6 Å². The van der Waals surface area contributed by atoms with E-state index in [-0.39, 0.29) is 11.7 Å². The largest absolute Gasteiger partial charge is 0.368 e. The van der Waals surface area contributed by atoms with E-state index in [4.69, 9.17) is 5.73 Å². The number of aromatic nitrogens is 4. The monoisotopic (exact) mass is 465 g/mol. The Kier molecular flexibility index (Phi) is 5.33. The molecule has 2 aromatic carbocycles. The summed E-state index contributed by atoms with van der Waals surface area (Å²) >= 11 is 0. The molecule has 174 valence electrons. The molecule has 1 fully saturated rings. The van der Waals surface area contributed by atoms with Gasteiger partial charge >= 0.3 is 0 Å². The molecule has 5 rings (SSSR count). The number of hydrogen-bond acceptors (Lipinski definition) is 6. The van der Waals surface area contributed by atoms with E-state index in [0.29, 0.717) is 23.5 Å². The quantitative estimate of drug-likeness (QED) is 0.478. The number of carbonyl (C=O) groups excluding carboxylic acids is 1. The molecule has 0 aliphatic carbocycles. The Labute approximate surface area is 192 Å². The van der Waals surface area contributed by atoms with Gasteiger partial charge in [0.25, 0.3) is 11.5 Å². The number of nitrogens with zero attached hydrogens (tertiary/aromatic N) is 5. The van der Waals surface area contributed by atoms with Crippen LogP contribution in [0.3, 0.4) is 0 Å². The number of amides is 1. The average Bonchev–Trinajstić information content (AvgIpc) is 3.39. The summed E-state index contributed by atoms with van der Waals surface area (Å²) in [5, 5.41) is 12.0. The number of carbonyl (C=O) groups is 1. The summed E-state index contributed by atoms with van der Waals surface area (Å²) in [6.07, 6.45) is 2.67. The van der Waals surface area contributed by atoms with E-state index >= 15 is 0 Å². The van der Waals surface area contributed by atoms with Crippen molar-refractivity contribution >= 4 is 28.2 Å². The van der Waals surface area contributed by atoms with Gasteiger partial charge in [-0.2, -0.15) is 14.9 Å². The van der Waals surface area contributed by atoms with Crippen LogP contribution in [0.15, 0.2) is 53.5 Å². The fraction of sp³-hybridized carbons (Fsp3) is 0.217. The lowest BCUT2D eigenvalue weighted by atomic mass is 10.1. The molecule has 1 amide bonds. The fourth-order valence-corrected chi connectivity index (χ4v) is 4.20. The minimum absolute atomic E-state index is 0.0105. The van der Waals surface area contributed by atoms with Crippen LogP contribution in [0.2, 0.25) is 0 Å². The standard InChI is InChI=1S/C23H21F2N7O2/c1-30-12-14-17(28-30)5-6-18(21(14)31-10-9-13(26)11-31)27-23(34)19-7-8-20(33)32(29-19)22-15(24)3-2-4-16(22)25/h2-8,12-13H,9-11,26H2,1H3,(H,27,34)/t13-/m1/s1. The maximum Gasteiger partial charge on any atom is 0.276 e. The number of halogens is 2. The second kappa shape index (κ2) is 8.34. The minimum Gasteiger partial charge on any atom is -0.368 e. The third kappa shape index (κ3) is 3.79. The van der Waals surface area contributed by atoms with Crippen molar-refractivity contribution in [2.45, 2.75) is 12.5 Å². The maximum atomic E-state index is 14.2. The molecule has 34 heavy (non-hydrogen) atoms. The number of hydrogen-bond donors (Lipinski definition) is 2. The first kappa shape index (κ1) is 21.7. The van der Waals surface area contributed by atoms with Crippen molar-refractivity contribution in [3.63, 3.8) is 0 Å². The summed E-state index contributed by atoms with van der Waals surface area (Å²) in [5.74, 6) is -2.58. The third-order valence-corrected chi connectivity index (χ3v) is 5.75. The van der Waals surface area contributed by atoms with Gasteiger partial charge in [0, 0.05) is 43.8 Å². The number of nitrogens with two attached hydrogens (primary N) is 1. The molecule has 1 aliphatic rings. The summed E-state index contributed by atoms with van der Waals surface area (Å²) in [6, 6.07) is 8.98. The smallest absolute Gasteiger partial charge is 0.276 e. The van der Waals surface area contributed by atoms with Crippen LogP contribution < -0.4 is 21.5 Å². The molecule has 0 unspecified atom stereocenters. The van der Waals surface area contributed by atoms with Gasteiger partial charge in [0.1, 0.15) is 11.4 Å². The Balaban J connectivity index is 1.54. The molecule has 1 aliphatic heterocycles. The molecule has 9 nitrogen and oxygen atoms in total. The normalized spacial score (nSPS) is 15.8. The lowest BCUT2D eigenvalue weighted by Crippen LogP contribution is -2.28. The highest BCUT2D eigenvalue weighted by Crippen LogP contribution is 2.36. The van der Waals surface area contributed by atoms with Crippen LogP contribution in [0.4, 0.5) is 20.2 Å². The van der Waals surface area contributed by atoms with E-state index < -0.39 is 28.8 Å². The average molecular weight is 465 g/mol. The minimum atomic E-state index is -0.971. The molecule has 1 atom stereocenters. The highest BCUT2D eigenvalue weighted by Gasteiger charge is 2.25. The van der Waals surface area contributed by atoms with Crippen molar-refractivity contribution in [2.75, 3.05) is 23.3 Å². The molecule has 11 heteroatoms. The predicted molar refractivity (Wildman–Crippen MR) is 123 cm³/mol. The van der Waals surface area contributed by atoms with Gasteiger partial charge < -0.3 is 16.0 Å². The number of rotatable bonds is 4. The zero-order chi connectivity index (χ0) is 24.0. The summed E-state index contributed by atoms with van der Waals surface area (Å²) in [6.45, 7) is 1.33. The predicted octanol–water partition coefficient (Wildman–Crippen LogP) is 2.19. The zero-order valence-electron chi connectivity index (χ0n) is 18.2. The molecule has 0 bridgehead atoms.